The number of hydrogen-bond donors (Lipinski definition) is 1. The monoisotopic (exact) mass is 486 g/mol. The van der Waals surface area contributed by atoms with Gasteiger partial charge in [-0.2, -0.15) is 0 Å². The zero-order chi connectivity index (χ0) is 24.6. The molecule has 10 heteroatoms. The molecule has 0 radical (unpaired) electrons. The molecule has 1 aromatic heterocycles. The summed E-state index contributed by atoms with van der Waals surface area (Å²) in [7, 11) is 2.73. The van der Waals surface area contributed by atoms with Crippen molar-refractivity contribution in [3.05, 3.63) is 88.2 Å². The molecule has 34 heavy (non-hydrogen) atoms. The highest BCUT2D eigenvalue weighted by atomic mass is 35.5. The molecule has 1 aliphatic heterocycles. The van der Waals surface area contributed by atoms with Crippen LogP contribution < -0.4 is 14.4 Å². The number of anilines is 1. The number of methoxy groups -OCH3 is 2. The molecule has 2 heterocycles. The number of rotatable bonds is 5. The van der Waals surface area contributed by atoms with Gasteiger partial charge >= 0.3 is 0 Å². The Kier molecular flexibility index (Phi) is 6.21. The molecular formula is C24H17ClF2N2O5. The summed E-state index contributed by atoms with van der Waals surface area (Å²) < 4.78 is 39.2. The second kappa shape index (κ2) is 9.11. The molecule has 1 N–H and O–H groups in total. The van der Waals surface area contributed by atoms with Gasteiger partial charge in [-0.15, -0.1) is 0 Å². The number of ether oxygens (including phenoxy) is 2. The smallest absolute Gasteiger partial charge is 0.300 e. The van der Waals surface area contributed by atoms with E-state index in [1.165, 1.54) is 50.9 Å². The highest BCUT2D eigenvalue weighted by Crippen LogP contribution is 2.45. The van der Waals surface area contributed by atoms with Crippen molar-refractivity contribution in [1.82, 2.24) is 4.98 Å². The van der Waals surface area contributed by atoms with Crippen LogP contribution in [0.3, 0.4) is 0 Å². The van der Waals surface area contributed by atoms with Gasteiger partial charge in [-0.05, 0) is 35.9 Å². The second-order valence-corrected chi connectivity index (χ2v) is 7.64. The van der Waals surface area contributed by atoms with Crippen LogP contribution in [0, 0.1) is 11.6 Å². The fourth-order valence-electron chi connectivity index (χ4n) is 3.80. The topological polar surface area (TPSA) is 89.0 Å². The molecule has 0 aliphatic carbocycles. The number of nitrogens with zero attached hydrogens (tertiary/aromatic N) is 2. The lowest BCUT2D eigenvalue weighted by Crippen LogP contribution is -2.30. The third kappa shape index (κ3) is 3.84. The van der Waals surface area contributed by atoms with Crippen LogP contribution in [0.2, 0.25) is 5.02 Å². The van der Waals surface area contributed by atoms with E-state index in [0.29, 0.717) is 5.56 Å². The number of ketones is 1. The largest absolute Gasteiger partial charge is 0.507 e. The number of pyridine rings is 1. The van der Waals surface area contributed by atoms with Gasteiger partial charge < -0.3 is 14.6 Å². The Hall–Kier alpha value is -3.98. The number of aliphatic hydroxyl groups excluding tert-OH is 1. The molecule has 2 aromatic carbocycles. The number of benzene rings is 2. The summed E-state index contributed by atoms with van der Waals surface area (Å²) in [6.07, 6.45) is 2.81. The average molecular weight is 487 g/mol. The lowest BCUT2D eigenvalue weighted by molar-refractivity contribution is -0.132. The van der Waals surface area contributed by atoms with Crippen molar-refractivity contribution in [2.75, 3.05) is 19.1 Å². The lowest BCUT2D eigenvalue weighted by Gasteiger charge is -2.25. The molecule has 1 atom stereocenters. The fourth-order valence-corrected chi connectivity index (χ4v) is 4.04. The van der Waals surface area contributed by atoms with E-state index in [0.717, 1.165) is 23.1 Å². The maximum absolute atomic E-state index is 14.7. The maximum atomic E-state index is 14.7. The van der Waals surface area contributed by atoms with Gasteiger partial charge in [-0.1, -0.05) is 11.6 Å². The number of carbonyl (C=O) groups excluding carboxylic acids is 2. The van der Waals surface area contributed by atoms with E-state index in [2.05, 4.69) is 4.98 Å². The summed E-state index contributed by atoms with van der Waals surface area (Å²) in [5.41, 5.74) is -0.481. The lowest BCUT2D eigenvalue weighted by atomic mass is 9.95. The van der Waals surface area contributed by atoms with Crippen molar-refractivity contribution < 1.29 is 33.0 Å². The second-order valence-electron chi connectivity index (χ2n) is 7.23. The first-order valence-corrected chi connectivity index (χ1v) is 10.2. The van der Waals surface area contributed by atoms with Crippen molar-refractivity contribution >= 4 is 34.7 Å². The Labute approximate surface area is 197 Å². The first-order valence-electron chi connectivity index (χ1n) is 9.86. The maximum Gasteiger partial charge on any atom is 0.300 e. The van der Waals surface area contributed by atoms with Crippen LogP contribution in [0.25, 0.3) is 5.76 Å². The van der Waals surface area contributed by atoms with Crippen LogP contribution in [-0.2, 0) is 9.59 Å². The molecule has 0 saturated carbocycles. The van der Waals surface area contributed by atoms with Gasteiger partial charge in [0.25, 0.3) is 11.7 Å². The van der Waals surface area contributed by atoms with Crippen LogP contribution >= 0.6 is 11.6 Å². The van der Waals surface area contributed by atoms with E-state index in [4.69, 9.17) is 21.1 Å². The Morgan fingerprint density at radius 1 is 1.03 bits per heavy atom. The highest BCUT2D eigenvalue weighted by molar-refractivity contribution is 6.51. The normalized spacial score (nSPS) is 17.2. The summed E-state index contributed by atoms with van der Waals surface area (Å²) in [6, 6.07) is 6.96. The van der Waals surface area contributed by atoms with Crippen molar-refractivity contribution in [1.29, 1.82) is 0 Å². The molecule has 1 aliphatic rings. The van der Waals surface area contributed by atoms with E-state index >= 15 is 0 Å². The predicted octanol–water partition coefficient (Wildman–Crippen LogP) is 4.66. The van der Waals surface area contributed by atoms with Crippen LogP contribution in [0.15, 0.2) is 60.4 Å². The standard InChI is InChI=1S/C24H17ClF2N2O5/c1-33-18-11-19(34-2)15(25)10-14(18)22(30)20-21(12-5-7-28-8-6-12)29(24(32)23(20)31)17-9-13(26)3-4-16(17)27/h3-11,21,30H,1-2H3/b22-20+. The molecule has 0 bridgehead atoms. The molecule has 1 fully saturated rings. The Bertz CT molecular complexity index is 1330. The van der Waals surface area contributed by atoms with Crippen LogP contribution in [0.5, 0.6) is 11.5 Å². The quantitative estimate of drug-likeness (QED) is 0.320. The first kappa shape index (κ1) is 23.2. The minimum atomic E-state index is -1.29. The van der Waals surface area contributed by atoms with Gasteiger partial charge in [0.1, 0.15) is 28.9 Å². The number of aromatic nitrogens is 1. The molecule has 3 aromatic rings. The predicted molar refractivity (Wildman–Crippen MR) is 120 cm³/mol. The molecular weight excluding hydrogens is 470 g/mol. The SMILES string of the molecule is COc1cc(OC)c(/C(O)=C2\C(=O)C(=O)N(c3cc(F)ccc3F)C2c2ccncc2)cc1Cl. The summed E-state index contributed by atoms with van der Waals surface area (Å²) in [4.78, 5) is 30.9. The van der Waals surface area contributed by atoms with Gasteiger partial charge in [0.15, 0.2) is 0 Å². The zero-order valence-corrected chi connectivity index (χ0v) is 18.6. The number of amides is 1. The van der Waals surface area contributed by atoms with E-state index in [1.54, 1.807) is 0 Å². The summed E-state index contributed by atoms with van der Waals surface area (Å²) in [5, 5.41) is 11.4. The Morgan fingerprint density at radius 2 is 1.71 bits per heavy atom. The first-order chi connectivity index (χ1) is 16.3. The van der Waals surface area contributed by atoms with Crippen molar-refractivity contribution in [3.8, 4) is 11.5 Å². The number of aliphatic hydroxyl groups is 1. The number of halogens is 3. The Morgan fingerprint density at radius 3 is 2.35 bits per heavy atom. The highest BCUT2D eigenvalue weighted by Gasteiger charge is 2.48. The third-order valence-electron chi connectivity index (χ3n) is 5.36. The third-order valence-corrected chi connectivity index (χ3v) is 5.66. The molecule has 0 spiro atoms. The van der Waals surface area contributed by atoms with E-state index in [-0.39, 0.29) is 27.7 Å². The summed E-state index contributed by atoms with van der Waals surface area (Å²) in [5.74, 6) is -4.23. The van der Waals surface area contributed by atoms with Gasteiger partial charge in [0.2, 0.25) is 0 Å². The van der Waals surface area contributed by atoms with E-state index in [9.17, 15) is 23.5 Å². The molecule has 7 nitrogen and oxygen atoms in total. The number of carbonyl (C=O) groups is 2. The van der Waals surface area contributed by atoms with Gasteiger partial charge in [0.05, 0.1) is 42.1 Å². The zero-order valence-electron chi connectivity index (χ0n) is 17.9. The van der Waals surface area contributed by atoms with Crippen LogP contribution in [-0.4, -0.2) is 36.0 Å². The molecule has 174 valence electrons. The Balaban J connectivity index is 2.01. The summed E-state index contributed by atoms with van der Waals surface area (Å²) in [6.45, 7) is 0. The van der Waals surface area contributed by atoms with E-state index < -0.39 is 40.8 Å². The molecule has 1 unspecified atom stereocenters. The van der Waals surface area contributed by atoms with Crippen molar-refractivity contribution in [2.24, 2.45) is 0 Å². The van der Waals surface area contributed by atoms with Gasteiger partial charge in [0, 0.05) is 24.5 Å². The number of Topliss-reactive ketones (excluding diaryl/α,β-unsaturated/α-hetero) is 1. The van der Waals surface area contributed by atoms with E-state index in [1.807, 2.05) is 0 Å². The van der Waals surface area contributed by atoms with Gasteiger partial charge in [-0.3, -0.25) is 19.5 Å². The minimum Gasteiger partial charge on any atom is -0.507 e. The molecule has 1 amide bonds. The van der Waals surface area contributed by atoms with Crippen LogP contribution in [0.1, 0.15) is 17.2 Å². The van der Waals surface area contributed by atoms with Crippen molar-refractivity contribution in [3.63, 3.8) is 0 Å². The molecule has 4 rings (SSSR count). The minimum absolute atomic E-state index is 0.00469. The summed E-state index contributed by atoms with van der Waals surface area (Å²) >= 11 is 6.21. The van der Waals surface area contributed by atoms with Gasteiger partial charge in [-0.25, -0.2) is 8.78 Å². The molecule has 1 saturated heterocycles. The fraction of sp³-hybridized carbons (Fsp3) is 0.125. The van der Waals surface area contributed by atoms with Crippen LogP contribution in [0.4, 0.5) is 14.5 Å². The number of hydrogen-bond acceptors (Lipinski definition) is 6. The van der Waals surface area contributed by atoms with Crippen molar-refractivity contribution in [2.45, 2.75) is 6.04 Å². The average Bonchev–Trinajstić information content (AvgIpc) is 3.10.